The molecule has 0 amide bonds. The lowest BCUT2D eigenvalue weighted by Gasteiger charge is -2.23. The molecule has 3 aromatic rings. The lowest BCUT2D eigenvalue weighted by Crippen LogP contribution is -2.38. The van der Waals surface area contributed by atoms with E-state index in [2.05, 4.69) is 35.3 Å². The van der Waals surface area contributed by atoms with Crippen molar-refractivity contribution in [3.05, 3.63) is 35.1 Å². The Morgan fingerprint density at radius 3 is 2.88 bits per heavy atom. The first-order chi connectivity index (χ1) is 15.9. The number of hydrogen-bond donors (Lipinski definition) is 3. The van der Waals surface area contributed by atoms with Crippen molar-refractivity contribution in [1.82, 2.24) is 25.3 Å². The van der Waals surface area contributed by atoms with E-state index in [4.69, 9.17) is 4.74 Å². The van der Waals surface area contributed by atoms with Gasteiger partial charge >= 0.3 is 5.76 Å². The third kappa shape index (κ3) is 5.97. The molecular weight excluding hydrogens is 472 g/mol. The van der Waals surface area contributed by atoms with Gasteiger partial charge in [-0.15, -0.1) is 11.3 Å². The van der Waals surface area contributed by atoms with Gasteiger partial charge in [-0.1, -0.05) is 0 Å². The Labute approximate surface area is 196 Å². The highest BCUT2D eigenvalue weighted by Crippen LogP contribution is 2.37. The monoisotopic (exact) mass is 495 g/mol. The summed E-state index contributed by atoms with van der Waals surface area (Å²) >= 11 is 1.44. The molecule has 2 atom stereocenters. The summed E-state index contributed by atoms with van der Waals surface area (Å²) in [6, 6.07) is 3.67. The van der Waals surface area contributed by atoms with E-state index in [9.17, 15) is 13.0 Å². The molecule has 4 heterocycles. The van der Waals surface area contributed by atoms with E-state index in [1.807, 2.05) is 6.92 Å². The molecular formula is C20H23F2N7O2S2. The van der Waals surface area contributed by atoms with Gasteiger partial charge in [0.25, 0.3) is 0 Å². The molecule has 3 aromatic heterocycles. The Morgan fingerprint density at radius 1 is 1.30 bits per heavy atom. The third-order valence-electron chi connectivity index (χ3n) is 4.85. The van der Waals surface area contributed by atoms with Gasteiger partial charge in [-0.3, -0.25) is 4.72 Å². The van der Waals surface area contributed by atoms with Crippen LogP contribution in [0.15, 0.2) is 24.5 Å². The summed E-state index contributed by atoms with van der Waals surface area (Å²) in [7, 11) is -2.53. The second-order valence-electron chi connectivity index (χ2n) is 7.42. The molecule has 0 spiro atoms. The minimum Gasteiger partial charge on any atom is -0.436 e. The Balaban J connectivity index is 1.53. The van der Waals surface area contributed by atoms with E-state index in [-0.39, 0.29) is 11.9 Å². The standard InChI is InChI=1S/C20H23F2N7O2S2/c1-11-8-14(10-25-17(11)29-33(30)19(21)22)31-18-16(32-12(2)26-18)15-5-7-24-20(28-15)27-13-4-3-6-23-9-13/h5,7-8,10,13,19,23H,3-4,6,9H2,1-2H3,(H,25,29)(H,24,27,28). The van der Waals surface area contributed by atoms with Crippen LogP contribution in [0.5, 0.6) is 11.6 Å². The molecule has 33 heavy (non-hydrogen) atoms. The molecule has 1 fully saturated rings. The minimum atomic E-state index is -3.01. The summed E-state index contributed by atoms with van der Waals surface area (Å²) in [6.07, 6.45) is 5.20. The molecule has 0 saturated carbocycles. The smallest absolute Gasteiger partial charge is 0.330 e. The van der Waals surface area contributed by atoms with Gasteiger partial charge in [-0.25, -0.2) is 24.1 Å². The molecule has 3 N–H and O–H groups in total. The number of nitrogens with zero attached hydrogens (tertiary/aromatic N) is 4. The van der Waals surface area contributed by atoms with Gasteiger partial charge in [0.15, 0.2) is 11.0 Å². The predicted molar refractivity (Wildman–Crippen MR) is 124 cm³/mol. The fourth-order valence-corrected chi connectivity index (χ4v) is 4.62. The number of hydrogen-bond acceptors (Lipinski definition) is 9. The number of aryl methyl sites for hydroxylation is 2. The molecule has 1 aliphatic heterocycles. The van der Waals surface area contributed by atoms with Crippen LogP contribution in [0, 0.1) is 13.8 Å². The first-order valence-electron chi connectivity index (χ1n) is 10.3. The quantitative estimate of drug-likeness (QED) is 0.432. The number of alkyl halides is 2. The van der Waals surface area contributed by atoms with Crippen LogP contribution in [0.25, 0.3) is 10.6 Å². The second-order valence-corrected chi connectivity index (χ2v) is 9.78. The minimum absolute atomic E-state index is 0.0967. The van der Waals surface area contributed by atoms with E-state index in [0.717, 1.165) is 35.8 Å². The summed E-state index contributed by atoms with van der Waals surface area (Å²) in [4.78, 5) is 18.2. The van der Waals surface area contributed by atoms with Crippen molar-refractivity contribution in [2.75, 3.05) is 23.1 Å². The number of pyridine rings is 1. The van der Waals surface area contributed by atoms with E-state index in [1.165, 1.54) is 17.5 Å². The van der Waals surface area contributed by atoms with Gasteiger partial charge in [-0.2, -0.15) is 8.78 Å². The maximum atomic E-state index is 12.5. The molecule has 1 aliphatic rings. The summed E-state index contributed by atoms with van der Waals surface area (Å²) in [5.41, 5.74) is 1.18. The molecule has 2 unspecified atom stereocenters. The van der Waals surface area contributed by atoms with Gasteiger partial charge in [-0.05, 0) is 50.9 Å². The first-order valence-corrected chi connectivity index (χ1v) is 12.3. The lowest BCUT2D eigenvalue weighted by molar-refractivity contribution is 0.244. The summed E-state index contributed by atoms with van der Waals surface area (Å²) in [5.74, 6) is -1.64. The molecule has 176 valence electrons. The van der Waals surface area contributed by atoms with Crippen molar-refractivity contribution in [2.45, 2.75) is 38.5 Å². The molecule has 1 saturated heterocycles. The number of ether oxygens (including phenoxy) is 1. The Kier molecular flexibility index (Phi) is 7.40. The van der Waals surface area contributed by atoms with Crippen molar-refractivity contribution in [3.8, 4) is 22.2 Å². The van der Waals surface area contributed by atoms with Gasteiger partial charge < -0.3 is 15.4 Å². The first kappa shape index (κ1) is 23.4. The van der Waals surface area contributed by atoms with Crippen LogP contribution in [0.2, 0.25) is 0 Å². The van der Waals surface area contributed by atoms with Crippen LogP contribution in [0.3, 0.4) is 0 Å². The second kappa shape index (κ2) is 10.4. The molecule has 0 bridgehead atoms. The number of aromatic nitrogens is 4. The number of piperidine rings is 1. The number of thiazole rings is 1. The third-order valence-corrected chi connectivity index (χ3v) is 6.54. The average Bonchev–Trinajstić information content (AvgIpc) is 3.16. The van der Waals surface area contributed by atoms with Gasteiger partial charge in [0.1, 0.15) is 16.4 Å². The topological polar surface area (TPSA) is 114 Å². The fraction of sp³-hybridized carbons (Fsp3) is 0.400. The molecule has 9 nitrogen and oxygen atoms in total. The zero-order valence-electron chi connectivity index (χ0n) is 18.0. The largest absolute Gasteiger partial charge is 0.436 e. The van der Waals surface area contributed by atoms with Gasteiger partial charge in [0.05, 0.1) is 16.9 Å². The summed E-state index contributed by atoms with van der Waals surface area (Å²) in [6.45, 7) is 5.41. The zero-order valence-corrected chi connectivity index (χ0v) is 19.6. The zero-order chi connectivity index (χ0) is 23.4. The maximum Gasteiger partial charge on any atom is 0.330 e. The molecule has 0 radical (unpaired) electrons. The van der Waals surface area contributed by atoms with Crippen LogP contribution in [-0.2, 0) is 11.0 Å². The molecule has 4 rings (SSSR count). The van der Waals surface area contributed by atoms with E-state index >= 15 is 0 Å². The van der Waals surface area contributed by atoms with Crippen molar-refractivity contribution in [2.24, 2.45) is 0 Å². The highest BCUT2D eigenvalue weighted by atomic mass is 32.2. The van der Waals surface area contributed by atoms with Crippen LogP contribution >= 0.6 is 11.3 Å². The predicted octanol–water partition coefficient (Wildman–Crippen LogP) is 3.87. The lowest BCUT2D eigenvalue weighted by atomic mass is 10.1. The number of halogens is 2. The van der Waals surface area contributed by atoms with Crippen molar-refractivity contribution < 1.29 is 17.7 Å². The summed E-state index contributed by atoms with van der Waals surface area (Å²) < 4.78 is 44.6. The van der Waals surface area contributed by atoms with Crippen LogP contribution < -0.4 is 20.1 Å². The van der Waals surface area contributed by atoms with Crippen LogP contribution in [0.4, 0.5) is 20.5 Å². The van der Waals surface area contributed by atoms with E-state index in [0.29, 0.717) is 28.8 Å². The van der Waals surface area contributed by atoms with Gasteiger partial charge in [0, 0.05) is 18.8 Å². The van der Waals surface area contributed by atoms with Crippen LogP contribution in [-0.4, -0.2) is 49.0 Å². The van der Waals surface area contributed by atoms with Crippen LogP contribution in [0.1, 0.15) is 23.4 Å². The molecule has 0 aliphatic carbocycles. The van der Waals surface area contributed by atoms with Gasteiger partial charge in [0.2, 0.25) is 11.8 Å². The highest BCUT2D eigenvalue weighted by molar-refractivity contribution is 7.86. The SMILES string of the molecule is Cc1nc(Oc2cnc(NS(=O)C(F)F)c(C)c2)c(-c2ccnc(NC3CCCNC3)n2)s1. The number of rotatable bonds is 8. The molecule has 13 heteroatoms. The maximum absolute atomic E-state index is 12.5. The van der Waals surface area contributed by atoms with E-state index < -0.39 is 16.7 Å². The van der Waals surface area contributed by atoms with Crippen molar-refractivity contribution >= 4 is 34.1 Å². The average molecular weight is 496 g/mol. The fourth-order valence-electron chi connectivity index (χ4n) is 3.31. The van der Waals surface area contributed by atoms with Crippen molar-refractivity contribution in [3.63, 3.8) is 0 Å². The summed E-state index contributed by atoms with van der Waals surface area (Å²) in [5, 5.41) is 7.51. The molecule has 0 aromatic carbocycles. The Hall–Kier alpha value is -2.77. The Morgan fingerprint density at radius 2 is 2.15 bits per heavy atom. The van der Waals surface area contributed by atoms with E-state index in [1.54, 1.807) is 25.3 Å². The normalized spacial score (nSPS) is 17.1. The Bertz CT molecular complexity index is 1140. The van der Waals surface area contributed by atoms with Crippen molar-refractivity contribution in [1.29, 1.82) is 0 Å². The number of anilines is 2. The highest BCUT2D eigenvalue weighted by Gasteiger charge is 2.19. The number of nitrogens with one attached hydrogen (secondary N) is 3.